The number of hydrogen-bond acceptors (Lipinski definition) is 0. The van der Waals surface area contributed by atoms with Gasteiger partial charge in [-0.1, -0.05) is 176 Å². The van der Waals surface area contributed by atoms with Crippen molar-refractivity contribution in [2.24, 2.45) is 0 Å². The van der Waals surface area contributed by atoms with Crippen molar-refractivity contribution in [3.05, 3.63) is 179 Å². The van der Waals surface area contributed by atoms with Crippen LogP contribution in [0.3, 0.4) is 0 Å². The zero-order valence-corrected chi connectivity index (χ0v) is 30.4. The zero-order valence-electron chi connectivity index (χ0n) is 30.4. The predicted molar refractivity (Wildman–Crippen MR) is 225 cm³/mol. The van der Waals surface area contributed by atoms with Crippen molar-refractivity contribution in [3.63, 3.8) is 0 Å². The SMILES string of the molecule is Cc1ccc(-c2c3ccccc3c(-c3c4ccccc4c(-c4ccc5c(c4)C(C)(C)c4ccccc4-5)c4ccc(C)cc34)c3ccc(C)cc23)cc1. The summed E-state index contributed by atoms with van der Waals surface area (Å²) < 4.78 is 0. The normalized spacial score (nSPS) is 13.2. The van der Waals surface area contributed by atoms with Crippen LogP contribution in [0.5, 0.6) is 0 Å². The number of benzene rings is 9. The topological polar surface area (TPSA) is 0 Å². The van der Waals surface area contributed by atoms with Gasteiger partial charge in [0.15, 0.2) is 0 Å². The van der Waals surface area contributed by atoms with Crippen LogP contribution in [0.1, 0.15) is 41.7 Å². The summed E-state index contributed by atoms with van der Waals surface area (Å²) in [5.74, 6) is 0. The van der Waals surface area contributed by atoms with Crippen molar-refractivity contribution < 1.29 is 0 Å². The third-order valence-corrected chi connectivity index (χ3v) is 11.8. The molecule has 0 aromatic heterocycles. The maximum Gasteiger partial charge on any atom is 0.0159 e. The summed E-state index contributed by atoms with van der Waals surface area (Å²) in [5.41, 5.74) is 17.0. The average Bonchev–Trinajstić information content (AvgIpc) is 3.39. The van der Waals surface area contributed by atoms with E-state index in [0.29, 0.717) is 0 Å². The van der Waals surface area contributed by atoms with Gasteiger partial charge in [-0.05, 0) is 126 Å². The van der Waals surface area contributed by atoms with E-state index in [9.17, 15) is 0 Å². The van der Waals surface area contributed by atoms with Gasteiger partial charge in [-0.3, -0.25) is 0 Å². The maximum absolute atomic E-state index is 2.49. The first-order valence-electron chi connectivity index (χ1n) is 18.5. The van der Waals surface area contributed by atoms with Gasteiger partial charge >= 0.3 is 0 Å². The van der Waals surface area contributed by atoms with E-state index >= 15 is 0 Å². The van der Waals surface area contributed by atoms with E-state index in [2.05, 4.69) is 186 Å². The summed E-state index contributed by atoms with van der Waals surface area (Å²) in [7, 11) is 0. The van der Waals surface area contributed by atoms with Gasteiger partial charge in [0.05, 0.1) is 0 Å². The number of rotatable bonds is 3. The molecule has 0 saturated heterocycles. The molecule has 0 heterocycles. The summed E-state index contributed by atoms with van der Waals surface area (Å²) in [6, 6.07) is 57.5. The van der Waals surface area contributed by atoms with Crippen LogP contribution in [0.25, 0.3) is 87.6 Å². The van der Waals surface area contributed by atoms with Gasteiger partial charge in [-0.2, -0.15) is 0 Å². The molecule has 52 heavy (non-hydrogen) atoms. The quantitative estimate of drug-likeness (QED) is 0.165. The first kappa shape index (κ1) is 30.8. The molecule has 0 bridgehead atoms. The Morgan fingerprint density at radius 1 is 0.308 bits per heavy atom. The molecule has 0 unspecified atom stereocenters. The summed E-state index contributed by atoms with van der Waals surface area (Å²) in [4.78, 5) is 0. The van der Waals surface area contributed by atoms with E-state index in [4.69, 9.17) is 0 Å². The van der Waals surface area contributed by atoms with Crippen LogP contribution >= 0.6 is 0 Å². The fourth-order valence-electron chi connectivity index (χ4n) is 9.33. The van der Waals surface area contributed by atoms with Crippen LogP contribution in [-0.4, -0.2) is 0 Å². The highest BCUT2D eigenvalue weighted by molar-refractivity contribution is 6.30. The number of hydrogen-bond donors (Lipinski definition) is 0. The molecule has 9 aromatic carbocycles. The molecule has 9 aromatic rings. The molecule has 0 N–H and O–H groups in total. The molecule has 248 valence electrons. The van der Waals surface area contributed by atoms with Gasteiger partial charge in [0, 0.05) is 5.41 Å². The Hall–Kier alpha value is -5.98. The van der Waals surface area contributed by atoms with Gasteiger partial charge in [0.2, 0.25) is 0 Å². The van der Waals surface area contributed by atoms with E-state index in [1.165, 1.54) is 115 Å². The largest absolute Gasteiger partial charge is 0.0619 e. The number of fused-ring (bicyclic) bond motifs is 7. The minimum Gasteiger partial charge on any atom is -0.0619 e. The van der Waals surface area contributed by atoms with Gasteiger partial charge in [-0.25, -0.2) is 0 Å². The summed E-state index contributed by atoms with van der Waals surface area (Å²) in [5, 5.41) is 10.3. The molecular weight excluding hydrogens is 625 g/mol. The van der Waals surface area contributed by atoms with Crippen molar-refractivity contribution in [2.45, 2.75) is 40.0 Å². The Morgan fingerprint density at radius 3 is 1.37 bits per heavy atom. The Labute approximate surface area is 306 Å². The first-order chi connectivity index (χ1) is 25.3. The van der Waals surface area contributed by atoms with Crippen molar-refractivity contribution in [2.75, 3.05) is 0 Å². The summed E-state index contributed by atoms with van der Waals surface area (Å²) >= 11 is 0. The molecule has 0 saturated carbocycles. The van der Waals surface area contributed by atoms with E-state index in [-0.39, 0.29) is 5.41 Å². The first-order valence-corrected chi connectivity index (χ1v) is 18.5. The van der Waals surface area contributed by atoms with Crippen LogP contribution in [-0.2, 0) is 5.41 Å². The minimum absolute atomic E-state index is 0.0702. The minimum atomic E-state index is -0.0702. The molecule has 0 spiro atoms. The summed E-state index contributed by atoms with van der Waals surface area (Å²) in [6.07, 6.45) is 0. The molecule has 1 aliphatic rings. The smallest absolute Gasteiger partial charge is 0.0159 e. The van der Waals surface area contributed by atoms with Crippen LogP contribution in [0.2, 0.25) is 0 Å². The standard InChI is InChI=1S/C52H40/c1-31-18-22-34(23-19-31)48-38-13-6-8-15-40(38)50(43-26-21-32(2)28-44(43)48)51-41-16-9-7-14-39(41)49(42-25-20-33(3)29-45(42)51)35-24-27-37-36-12-10-11-17-46(36)52(4,5)47(37)30-35/h6-30H,1-5H3. The Bertz CT molecular complexity index is 2940. The molecule has 0 radical (unpaired) electrons. The second-order valence-electron chi connectivity index (χ2n) is 15.5. The van der Waals surface area contributed by atoms with E-state index in [1.807, 2.05) is 0 Å². The lowest BCUT2D eigenvalue weighted by atomic mass is 9.79. The van der Waals surface area contributed by atoms with Crippen molar-refractivity contribution >= 4 is 43.1 Å². The van der Waals surface area contributed by atoms with E-state index < -0.39 is 0 Å². The summed E-state index contributed by atoms with van der Waals surface area (Å²) in [6.45, 7) is 11.4. The highest BCUT2D eigenvalue weighted by atomic mass is 14.4. The van der Waals surface area contributed by atoms with Gasteiger partial charge in [-0.15, -0.1) is 0 Å². The van der Waals surface area contributed by atoms with Crippen LogP contribution in [0.4, 0.5) is 0 Å². The fourth-order valence-corrected chi connectivity index (χ4v) is 9.33. The molecule has 0 atom stereocenters. The Morgan fingerprint density at radius 2 is 0.731 bits per heavy atom. The zero-order chi connectivity index (χ0) is 35.3. The van der Waals surface area contributed by atoms with Crippen molar-refractivity contribution in [1.82, 2.24) is 0 Å². The molecule has 0 fully saturated rings. The average molecular weight is 665 g/mol. The van der Waals surface area contributed by atoms with Gasteiger partial charge in [0.1, 0.15) is 0 Å². The monoisotopic (exact) mass is 664 g/mol. The third-order valence-electron chi connectivity index (χ3n) is 11.8. The lowest BCUT2D eigenvalue weighted by Gasteiger charge is -2.24. The highest BCUT2D eigenvalue weighted by Gasteiger charge is 2.35. The lowest BCUT2D eigenvalue weighted by molar-refractivity contribution is 0.660. The van der Waals surface area contributed by atoms with Crippen LogP contribution < -0.4 is 0 Å². The van der Waals surface area contributed by atoms with E-state index in [1.54, 1.807) is 0 Å². The molecule has 0 aliphatic heterocycles. The van der Waals surface area contributed by atoms with Crippen LogP contribution in [0, 0.1) is 20.8 Å². The predicted octanol–water partition coefficient (Wildman–Crippen LogP) is 14.5. The molecule has 0 amide bonds. The van der Waals surface area contributed by atoms with Crippen LogP contribution in [0.15, 0.2) is 152 Å². The highest BCUT2D eigenvalue weighted by Crippen LogP contribution is 2.53. The third kappa shape index (κ3) is 4.40. The Balaban J connectivity index is 1.34. The van der Waals surface area contributed by atoms with Gasteiger partial charge < -0.3 is 0 Å². The molecule has 0 heteroatoms. The Kier molecular flexibility index (Phi) is 6.67. The van der Waals surface area contributed by atoms with Crippen molar-refractivity contribution in [1.29, 1.82) is 0 Å². The van der Waals surface area contributed by atoms with E-state index in [0.717, 1.165) is 0 Å². The molecular formula is C52H40. The fraction of sp³-hybridized carbons (Fsp3) is 0.115. The lowest BCUT2D eigenvalue weighted by Crippen LogP contribution is -2.14. The van der Waals surface area contributed by atoms with Crippen molar-refractivity contribution in [3.8, 4) is 44.5 Å². The molecule has 10 rings (SSSR count). The molecule has 1 aliphatic carbocycles. The number of aryl methyl sites for hydroxylation is 3. The second-order valence-corrected chi connectivity index (χ2v) is 15.5. The molecule has 0 nitrogen and oxygen atoms in total. The van der Waals surface area contributed by atoms with Gasteiger partial charge in [0.25, 0.3) is 0 Å². The second kappa shape index (κ2) is 11.3. The maximum atomic E-state index is 2.49.